The van der Waals surface area contributed by atoms with Gasteiger partial charge in [0.05, 0.1) is 4.90 Å². The number of rotatable bonds is 5. The van der Waals surface area contributed by atoms with Gasteiger partial charge < -0.3 is 19.6 Å². The Morgan fingerprint density at radius 3 is 2.44 bits per heavy atom. The Bertz CT molecular complexity index is 1290. The molecule has 0 radical (unpaired) electrons. The predicted molar refractivity (Wildman–Crippen MR) is 134 cm³/mol. The Kier molecular flexibility index (Phi) is 8.04. The number of nitrogens with zero attached hydrogens (tertiary/aromatic N) is 4. The van der Waals surface area contributed by atoms with Crippen molar-refractivity contribution in [3.05, 3.63) is 54.3 Å². The number of aromatic nitrogens is 2. The monoisotopic (exact) mass is 534 g/mol. The lowest BCUT2D eigenvalue weighted by molar-refractivity contribution is -0.130. The van der Waals surface area contributed by atoms with Crippen LogP contribution in [-0.2, 0) is 14.6 Å². The summed E-state index contributed by atoms with van der Waals surface area (Å²) in [5.41, 5.74) is 0. The van der Waals surface area contributed by atoms with Crippen molar-refractivity contribution >= 4 is 32.4 Å². The van der Waals surface area contributed by atoms with Crippen LogP contribution in [0, 0.1) is 5.82 Å². The van der Waals surface area contributed by atoms with Gasteiger partial charge in [-0.25, -0.2) is 12.8 Å². The van der Waals surface area contributed by atoms with Gasteiger partial charge in [0.1, 0.15) is 5.75 Å². The average molecular weight is 535 g/mol. The molecule has 192 valence electrons. The zero-order valence-electron chi connectivity index (χ0n) is 19.7. The summed E-state index contributed by atoms with van der Waals surface area (Å²) >= 11 is 1.37. The molecule has 36 heavy (non-hydrogen) atoms. The van der Waals surface area contributed by atoms with Crippen molar-refractivity contribution in [2.75, 3.05) is 30.8 Å². The molecule has 2 aliphatic rings. The van der Waals surface area contributed by atoms with Gasteiger partial charge in [-0.15, -0.1) is 4.37 Å². The SMILES string of the molecule is CS(=O)(=O)c1ccc(O)c(F)c1.O=C1CCCN1C1CCN(c2nc(Oc3ccccc3)ns2)CC1. The first-order valence-corrected chi connectivity index (χ1v) is 14.2. The van der Waals surface area contributed by atoms with Gasteiger partial charge in [-0.2, -0.15) is 4.98 Å². The molecule has 3 heterocycles. The third-order valence-corrected chi connectivity index (χ3v) is 7.85. The lowest BCUT2D eigenvalue weighted by atomic mass is 10.0. The second-order valence-electron chi connectivity index (χ2n) is 8.57. The standard InChI is InChI=1S/C17H20N4O2S.C7H7FO3S/c22-15-7-4-10-21(15)13-8-11-20(12-9-13)17-18-16(19-24-17)23-14-5-2-1-3-6-14;1-12(10,11)5-2-3-7(9)6(8)4-5/h1-3,5-6,13H,4,7-12H2;2-4,9H,1H3. The van der Waals surface area contributed by atoms with Crippen LogP contribution < -0.4 is 9.64 Å². The van der Waals surface area contributed by atoms with Gasteiger partial charge in [0, 0.05) is 49.9 Å². The summed E-state index contributed by atoms with van der Waals surface area (Å²) < 4.78 is 44.3. The van der Waals surface area contributed by atoms with E-state index < -0.39 is 21.4 Å². The molecule has 9 nitrogen and oxygen atoms in total. The number of halogens is 1. The van der Waals surface area contributed by atoms with Crippen LogP contribution in [0.4, 0.5) is 9.52 Å². The lowest BCUT2D eigenvalue weighted by Gasteiger charge is -2.36. The number of ether oxygens (including phenoxy) is 1. The van der Waals surface area contributed by atoms with Crippen LogP contribution in [0.15, 0.2) is 53.4 Å². The van der Waals surface area contributed by atoms with Crippen molar-refractivity contribution in [1.82, 2.24) is 14.3 Å². The van der Waals surface area contributed by atoms with E-state index in [1.54, 1.807) is 0 Å². The molecule has 3 aromatic rings. The van der Waals surface area contributed by atoms with Crippen LogP contribution in [0.2, 0.25) is 0 Å². The first-order valence-electron chi connectivity index (χ1n) is 11.5. The first-order chi connectivity index (χ1) is 17.2. The summed E-state index contributed by atoms with van der Waals surface area (Å²) in [6.45, 7) is 2.75. The Balaban J connectivity index is 0.000000214. The molecule has 0 unspecified atom stereocenters. The van der Waals surface area contributed by atoms with Gasteiger partial charge in [-0.1, -0.05) is 18.2 Å². The molecule has 2 saturated heterocycles. The van der Waals surface area contributed by atoms with Crippen molar-refractivity contribution in [3.63, 3.8) is 0 Å². The number of carbonyl (C=O) groups is 1. The molecule has 0 saturated carbocycles. The summed E-state index contributed by atoms with van der Waals surface area (Å²) in [6, 6.07) is 13.3. The smallest absolute Gasteiger partial charge is 0.335 e. The van der Waals surface area contributed by atoms with Crippen LogP contribution in [0.5, 0.6) is 17.5 Å². The molecule has 0 spiro atoms. The number of piperidine rings is 1. The van der Waals surface area contributed by atoms with Gasteiger partial charge in [-0.05, 0) is 49.6 Å². The second kappa shape index (κ2) is 11.2. The van der Waals surface area contributed by atoms with Crippen molar-refractivity contribution in [2.45, 2.75) is 36.6 Å². The Morgan fingerprint density at radius 1 is 1.11 bits per heavy atom. The van der Waals surface area contributed by atoms with Crippen LogP contribution >= 0.6 is 11.5 Å². The Morgan fingerprint density at radius 2 is 1.83 bits per heavy atom. The fourth-order valence-electron chi connectivity index (χ4n) is 4.11. The lowest BCUT2D eigenvalue weighted by Crippen LogP contribution is -2.45. The van der Waals surface area contributed by atoms with Crippen LogP contribution in [-0.4, -0.2) is 65.6 Å². The molecule has 2 aromatic carbocycles. The fraction of sp³-hybridized carbons (Fsp3) is 0.375. The van der Waals surface area contributed by atoms with Gasteiger partial charge >= 0.3 is 6.01 Å². The molecule has 5 rings (SSSR count). The van der Waals surface area contributed by atoms with Gasteiger partial charge in [0.25, 0.3) is 0 Å². The van der Waals surface area contributed by atoms with Gasteiger partial charge in [0.2, 0.25) is 11.0 Å². The minimum Gasteiger partial charge on any atom is -0.505 e. The second-order valence-corrected chi connectivity index (χ2v) is 11.3. The summed E-state index contributed by atoms with van der Waals surface area (Å²) in [4.78, 5) is 20.5. The van der Waals surface area contributed by atoms with Crippen molar-refractivity contribution in [2.24, 2.45) is 0 Å². The van der Waals surface area contributed by atoms with E-state index in [0.29, 0.717) is 18.0 Å². The zero-order valence-corrected chi connectivity index (χ0v) is 21.3. The summed E-state index contributed by atoms with van der Waals surface area (Å²) in [5, 5.41) is 9.64. The number of likely N-dealkylation sites (tertiary alicyclic amines) is 1. The van der Waals surface area contributed by atoms with Crippen LogP contribution in [0.25, 0.3) is 0 Å². The summed E-state index contributed by atoms with van der Waals surface area (Å²) in [5.74, 6) is -0.420. The van der Waals surface area contributed by atoms with E-state index in [4.69, 9.17) is 9.84 Å². The number of carbonyl (C=O) groups excluding carboxylic acids is 1. The number of sulfone groups is 1. The van der Waals surface area contributed by atoms with E-state index in [9.17, 15) is 17.6 Å². The highest BCUT2D eigenvalue weighted by atomic mass is 32.2. The van der Waals surface area contributed by atoms with Gasteiger partial charge in [0.15, 0.2) is 21.4 Å². The molecule has 1 N–H and O–H groups in total. The number of aromatic hydroxyl groups is 1. The average Bonchev–Trinajstić information content (AvgIpc) is 3.50. The van der Waals surface area contributed by atoms with E-state index in [0.717, 1.165) is 80.7 Å². The number of benzene rings is 2. The first kappa shape index (κ1) is 25.8. The highest BCUT2D eigenvalue weighted by Gasteiger charge is 2.31. The zero-order chi connectivity index (χ0) is 25.7. The molecule has 1 aromatic heterocycles. The number of phenols is 1. The third-order valence-electron chi connectivity index (χ3n) is 5.98. The van der Waals surface area contributed by atoms with Crippen molar-refractivity contribution in [3.8, 4) is 17.5 Å². The minimum absolute atomic E-state index is 0.141. The molecule has 1 amide bonds. The molecule has 2 aliphatic heterocycles. The fourth-order valence-corrected chi connectivity index (χ4v) is 5.40. The molecule has 0 bridgehead atoms. The number of hydrogen-bond donors (Lipinski definition) is 1. The molecular formula is C24H27FN4O5S2. The number of hydrogen-bond acceptors (Lipinski definition) is 9. The Hall–Kier alpha value is -3.25. The molecular weight excluding hydrogens is 507 g/mol. The molecule has 12 heteroatoms. The third kappa shape index (κ3) is 6.49. The Labute approximate surface area is 213 Å². The van der Waals surface area contributed by atoms with E-state index in [1.165, 1.54) is 11.5 Å². The largest absolute Gasteiger partial charge is 0.505 e. The molecule has 2 fully saturated rings. The van der Waals surface area contributed by atoms with Crippen LogP contribution in [0.3, 0.4) is 0 Å². The normalized spacial score (nSPS) is 16.6. The highest BCUT2D eigenvalue weighted by molar-refractivity contribution is 7.90. The topological polar surface area (TPSA) is 113 Å². The van der Waals surface area contributed by atoms with Crippen molar-refractivity contribution in [1.29, 1.82) is 0 Å². The number of para-hydroxylation sites is 1. The van der Waals surface area contributed by atoms with E-state index in [-0.39, 0.29) is 4.90 Å². The quantitative estimate of drug-likeness (QED) is 0.525. The summed E-state index contributed by atoms with van der Waals surface area (Å²) in [7, 11) is -3.39. The van der Waals surface area contributed by atoms with E-state index in [2.05, 4.69) is 19.2 Å². The number of anilines is 1. The maximum atomic E-state index is 12.6. The van der Waals surface area contributed by atoms with E-state index in [1.807, 2.05) is 30.3 Å². The minimum atomic E-state index is -3.39. The predicted octanol–water partition coefficient (Wildman–Crippen LogP) is 3.86. The molecule has 0 atom stereocenters. The van der Waals surface area contributed by atoms with Crippen molar-refractivity contribution < 1.29 is 27.4 Å². The highest BCUT2D eigenvalue weighted by Crippen LogP contribution is 2.29. The van der Waals surface area contributed by atoms with E-state index >= 15 is 0 Å². The molecule has 0 aliphatic carbocycles. The van der Waals surface area contributed by atoms with Crippen LogP contribution in [0.1, 0.15) is 25.7 Å². The van der Waals surface area contributed by atoms with Gasteiger partial charge in [-0.3, -0.25) is 4.79 Å². The number of amides is 1. The maximum absolute atomic E-state index is 12.6. The maximum Gasteiger partial charge on any atom is 0.335 e. The summed E-state index contributed by atoms with van der Waals surface area (Å²) in [6.07, 6.45) is 4.70. The number of phenolic OH excluding ortho intramolecular Hbond substituents is 1.